The average Bonchev–Trinajstić information content (AvgIpc) is 4.05. The number of aliphatic hydroxyl groups is 1. The van der Waals surface area contributed by atoms with Crippen LogP contribution in [0, 0.1) is 17.8 Å². The zero-order valence-corrected chi connectivity index (χ0v) is 46.1. The van der Waals surface area contributed by atoms with Crippen molar-refractivity contribution in [3.05, 3.63) is 54.1 Å². The number of nitrogens with two attached hydrogens (primary N) is 1. The van der Waals surface area contributed by atoms with Crippen LogP contribution in [-0.4, -0.2) is 152 Å². The van der Waals surface area contributed by atoms with Crippen molar-refractivity contribution < 1.29 is 67.0 Å². The molecule has 21 nitrogen and oxygen atoms in total. The molecule has 7 atom stereocenters. The molecule has 0 spiro atoms. The molecule has 1 aliphatic rings. The number of rotatable bonds is 40. The Kier molecular flexibility index (Phi) is 30.4. The fraction of sp³-hybridized carbons (Fsp3) is 0.692. The Labute approximate surface area is 447 Å². The molecular formula is C52H84N7O14PS. The van der Waals surface area contributed by atoms with Gasteiger partial charge >= 0.3 is 7.82 Å². The summed E-state index contributed by atoms with van der Waals surface area (Å²) < 4.78 is 29.2. The van der Waals surface area contributed by atoms with Crippen LogP contribution in [0.2, 0.25) is 0 Å². The Hall–Kier alpha value is -4.38. The van der Waals surface area contributed by atoms with Gasteiger partial charge in [-0.1, -0.05) is 76.3 Å². The molecule has 0 radical (unpaired) electrons. The van der Waals surface area contributed by atoms with Crippen LogP contribution in [0.5, 0.6) is 0 Å². The number of amides is 4. The van der Waals surface area contributed by atoms with Crippen LogP contribution >= 0.6 is 20.5 Å². The number of hydrogen-bond acceptors (Lipinski definition) is 15. The van der Waals surface area contributed by atoms with Crippen molar-refractivity contribution in [2.75, 3.05) is 51.9 Å². The monoisotopic (exact) mass is 1090 g/mol. The van der Waals surface area contributed by atoms with Gasteiger partial charge in [-0.15, -0.1) is 0 Å². The van der Waals surface area contributed by atoms with E-state index in [0.717, 1.165) is 58.3 Å². The number of hydrogen-bond donors (Lipinski definition) is 8. The summed E-state index contributed by atoms with van der Waals surface area (Å²) in [6.45, 7) is 7.20. The van der Waals surface area contributed by atoms with E-state index in [4.69, 9.17) is 15.2 Å². The highest BCUT2D eigenvalue weighted by Gasteiger charge is 2.38. The molecule has 1 aliphatic heterocycles. The number of carbonyl (C=O) groups excluding carboxylic acids is 7. The predicted octanol–water partition coefficient (Wildman–Crippen LogP) is 3.43. The number of thiol groups is 1. The molecule has 1 fully saturated rings. The molecule has 23 heteroatoms. The summed E-state index contributed by atoms with van der Waals surface area (Å²) in [5.41, 5.74) is 7.62. The van der Waals surface area contributed by atoms with Gasteiger partial charge in [0.25, 0.3) is 0 Å². The van der Waals surface area contributed by atoms with Crippen molar-refractivity contribution in [3.8, 4) is 0 Å². The van der Waals surface area contributed by atoms with Crippen LogP contribution < -0.4 is 21.7 Å². The lowest BCUT2D eigenvalue weighted by Crippen LogP contribution is -2.52. The van der Waals surface area contributed by atoms with Crippen LogP contribution in [0.1, 0.15) is 122 Å². The van der Waals surface area contributed by atoms with E-state index < -0.39 is 92.1 Å². The molecule has 0 aliphatic carbocycles. The number of aryl methyl sites for hydroxylation is 2. The number of ketones is 3. The molecule has 75 heavy (non-hydrogen) atoms. The van der Waals surface area contributed by atoms with Crippen molar-refractivity contribution in [2.24, 2.45) is 23.5 Å². The number of unbranched alkanes of at least 4 members (excludes halogenated alkanes) is 6. The SMILES string of the molecule is CC(=O)[C@@H](CC(=O)[C@H](CO)NC(=O)[C@@H](CC(=O)[C@H](CC(C)C)NC(=O)[C@@H]1CCCN1C(=O)CCOCCOCCNC(=O)[C@@H](N)CS)Cc1cncn1CCCCCCCCCc1ccccc1)[C@@H](C)OP(=O)(O)O. The molecule has 3 rings (SSSR count). The normalized spacial score (nSPS) is 16.2. The Balaban J connectivity index is 1.69. The molecule has 1 saturated heterocycles. The number of benzene rings is 1. The average molecular weight is 1090 g/mol. The maximum absolute atomic E-state index is 14.5. The third-order valence-electron chi connectivity index (χ3n) is 13.2. The first-order valence-electron chi connectivity index (χ1n) is 26.4. The molecule has 0 bridgehead atoms. The lowest BCUT2D eigenvalue weighted by atomic mass is 9.89. The van der Waals surface area contributed by atoms with Gasteiger partial charge in [0.15, 0.2) is 11.6 Å². The number of aromatic nitrogens is 2. The number of ether oxygens (including phenoxy) is 2. The van der Waals surface area contributed by atoms with E-state index in [0.29, 0.717) is 31.6 Å². The second kappa shape index (κ2) is 35.1. The summed E-state index contributed by atoms with van der Waals surface area (Å²) in [7, 11) is -5.04. The zero-order chi connectivity index (χ0) is 55.3. The second-order valence-electron chi connectivity index (χ2n) is 19.8. The van der Waals surface area contributed by atoms with Crippen LogP contribution in [0.3, 0.4) is 0 Å². The van der Waals surface area contributed by atoms with Crippen molar-refractivity contribution in [1.29, 1.82) is 0 Å². The molecule has 422 valence electrons. The van der Waals surface area contributed by atoms with E-state index in [-0.39, 0.29) is 82.1 Å². The van der Waals surface area contributed by atoms with Crippen LogP contribution in [-0.2, 0) is 71.5 Å². The van der Waals surface area contributed by atoms with Crippen LogP contribution in [0.15, 0.2) is 42.9 Å². The van der Waals surface area contributed by atoms with Crippen molar-refractivity contribution >= 4 is 61.4 Å². The first kappa shape index (κ1) is 64.9. The van der Waals surface area contributed by atoms with Gasteiger partial charge in [-0.2, -0.15) is 12.6 Å². The molecule has 1 aromatic carbocycles. The summed E-state index contributed by atoms with van der Waals surface area (Å²) in [4.78, 5) is 119. The van der Waals surface area contributed by atoms with Crippen molar-refractivity contribution in [1.82, 2.24) is 30.4 Å². The summed E-state index contributed by atoms with van der Waals surface area (Å²) in [6.07, 6.45) is 10.5. The maximum Gasteiger partial charge on any atom is 0.469 e. The number of Topliss-reactive ketones (excluding diaryl/α,β-unsaturated/α-hetero) is 3. The number of nitrogens with one attached hydrogen (secondary N) is 3. The Bertz CT molecular complexity index is 2130. The number of phosphoric acid groups is 1. The zero-order valence-electron chi connectivity index (χ0n) is 44.3. The number of nitrogens with zero attached hydrogens (tertiary/aromatic N) is 3. The summed E-state index contributed by atoms with van der Waals surface area (Å²) in [5, 5.41) is 18.5. The third kappa shape index (κ3) is 25.1. The van der Waals surface area contributed by atoms with E-state index in [9.17, 15) is 53.0 Å². The highest BCUT2D eigenvalue weighted by Crippen LogP contribution is 2.39. The number of imidazole rings is 1. The molecule has 0 saturated carbocycles. The van der Waals surface area contributed by atoms with Gasteiger partial charge in [-0.25, -0.2) is 9.55 Å². The number of phosphoric ester groups is 1. The minimum absolute atomic E-state index is 0.000111. The first-order valence-corrected chi connectivity index (χ1v) is 28.5. The fourth-order valence-corrected chi connectivity index (χ4v) is 9.74. The Morgan fingerprint density at radius 1 is 0.867 bits per heavy atom. The molecule has 8 N–H and O–H groups in total. The minimum atomic E-state index is -5.04. The minimum Gasteiger partial charge on any atom is -0.394 e. The van der Waals surface area contributed by atoms with Gasteiger partial charge in [-0.05, 0) is 63.9 Å². The van der Waals surface area contributed by atoms with Gasteiger partial charge in [0.2, 0.25) is 23.6 Å². The van der Waals surface area contributed by atoms with E-state index in [1.165, 1.54) is 17.4 Å². The molecule has 0 unspecified atom stereocenters. The smallest absolute Gasteiger partial charge is 0.394 e. The topological polar surface area (TPSA) is 308 Å². The summed E-state index contributed by atoms with van der Waals surface area (Å²) in [6, 6.07) is 6.29. The second-order valence-corrected chi connectivity index (χ2v) is 21.3. The van der Waals surface area contributed by atoms with Gasteiger partial charge in [0, 0.05) is 56.5 Å². The highest BCUT2D eigenvalue weighted by molar-refractivity contribution is 7.80. The Morgan fingerprint density at radius 3 is 2.16 bits per heavy atom. The van der Waals surface area contributed by atoms with Gasteiger partial charge in [-0.3, -0.25) is 38.1 Å². The molecule has 2 aromatic rings. The standard InChI is InChI=1S/C52H84N7O14PS/c1-36(2)28-44(56-52(67)46-19-15-23-59(46)49(64)20-24-71-26-27-72-25-21-55-51(66)43(53)34-75)47(62)30-40(50(65)57-45(33-60)48(63)31-42(37(3)61)38(4)73-74(68,69)70)29-41-32-54-35-58(41)22-14-9-7-5-6-8-11-16-39-17-12-10-13-18-39/h10,12-13,17-18,32,35-36,38,40,42-46,60,75H,5-9,11,14-16,19-31,33-34,53H2,1-4H3,(H,55,66)(H,56,67)(H,57,65)(H2,68,69,70)/t38-,40-,42-,43+,44+,45+,46+/m1/s1. The lowest BCUT2D eigenvalue weighted by Gasteiger charge is -2.28. The number of aliphatic hydroxyl groups excluding tert-OH is 1. The molecule has 2 heterocycles. The van der Waals surface area contributed by atoms with Gasteiger partial charge in [0.1, 0.15) is 17.9 Å². The van der Waals surface area contributed by atoms with Crippen molar-refractivity contribution in [2.45, 2.75) is 161 Å². The van der Waals surface area contributed by atoms with E-state index >= 15 is 0 Å². The predicted molar refractivity (Wildman–Crippen MR) is 284 cm³/mol. The van der Waals surface area contributed by atoms with Gasteiger partial charge in [0.05, 0.1) is 75.8 Å². The molecular weight excluding hydrogens is 1010 g/mol. The maximum atomic E-state index is 14.5. The number of carbonyl (C=O) groups is 7. The Morgan fingerprint density at radius 2 is 1.52 bits per heavy atom. The first-order chi connectivity index (χ1) is 35.7. The summed E-state index contributed by atoms with van der Waals surface area (Å²) >= 11 is 4.00. The summed E-state index contributed by atoms with van der Waals surface area (Å²) in [5.74, 6) is -6.06. The van der Waals surface area contributed by atoms with Crippen molar-refractivity contribution in [3.63, 3.8) is 0 Å². The van der Waals surface area contributed by atoms with E-state index in [2.05, 4.69) is 62.4 Å². The molecule has 4 amide bonds. The lowest BCUT2D eigenvalue weighted by molar-refractivity contribution is -0.140. The molecule has 1 aromatic heterocycles. The van der Waals surface area contributed by atoms with E-state index in [1.54, 1.807) is 12.5 Å². The fourth-order valence-electron chi connectivity index (χ4n) is 8.99. The number of likely N-dealkylation sites (tertiary alicyclic amines) is 1. The third-order valence-corrected chi connectivity index (χ3v) is 14.2. The van der Waals surface area contributed by atoms with Gasteiger partial charge < -0.3 is 55.5 Å². The van der Waals surface area contributed by atoms with Crippen LogP contribution in [0.25, 0.3) is 0 Å². The largest absolute Gasteiger partial charge is 0.469 e. The van der Waals surface area contributed by atoms with Crippen LogP contribution in [0.4, 0.5) is 0 Å². The van der Waals surface area contributed by atoms with E-state index in [1.807, 2.05) is 24.5 Å². The highest BCUT2D eigenvalue weighted by atomic mass is 32.1. The quantitative estimate of drug-likeness (QED) is 0.0269.